The monoisotopic (exact) mass is 391 g/mol. The summed E-state index contributed by atoms with van der Waals surface area (Å²) >= 11 is 7.14. The lowest BCUT2D eigenvalue weighted by molar-refractivity contribution is -0.118. The van der Waals surface area contributed by atoms with E-state index in [1.807, 2.05) is 24.3 Å². The van der Waals surface area contributed by atoms with E-state index in [9.17, 15) is 4.79 Å². The third kappa shape index (κ3) is 4.64. The molecule has 7 nitrogen and oxygen atoms in total. The number of halogens is 1. The highest BCUT2D eigenvalue weighted by Crippen LogP contribution is 2.18. The van der Waals surface area contributed by atoms with Crippen LogP contribution in [0.3, 0.4) is 0 Å². The number of carbonyl (C=O) groups excluding carboxylic acids is 1. The van der Waals surface area contributed by atoms with Crippen molar-refractivity contribution in [3.05, 3.63) is 46.7 Å². The van der Waals surface area contributed by atoms with Crippen LogP contribution in [-0.4, -0.2) is 44.4 Å². The molecule has 0 aliphatic heterocycles. The number of aromatic nitrogens is 4. The number of aryl methyl sites for hydroxylation is 2. The fourth-order valence-corrected chi connectivity index (χ4v) is 3.31. The van der Waals surface area contributed by atoms with Crippen LogP contribution >= 0.6 is 23.4 Å². The number of rotatable bonds is 7. The summed E-state index contributed by atoms with van der Waals surface area (Å²) in [7, 11) is 0. The van der Waals surface area contributed by atoms with Gasteiger partial charge in [0, 0.05) is 16.4 Å². The molecule has 1 N–H and O–H groups in total. The molecule has 1 aromatic carbocycles. The number of fused-ring (bicyclic) bond motifs is 1. The van der Waals surface area contributed by atoms with Gasteiger partial charge in [-0.1, -0.05) is 23.4 Å². The summed E-state index contributed by atoms with van der Waals surface area (Å²) in [6.45, 7) is 4.67. The lowest BCUT2D eigenvalue weighted by Gasteiger charge is -2.08. The Morgan fingerprint density at radius 1 is 1.27 bits per heavy atom. The van der Waals surface area contributed by atoms with Crippen LogP contribution in [0.25, 0.3) is 5.78 Å². The predicted octanol–water partition coefficient (Wildman–Crippen LogP) is 2.68. The van der Waals surface area contributed by atoms with Gasteiger partial charge in [0.1, 0.15) is 12.4 Å². The van der Waals surface area contributed by atoms with Crippen LogP contribution in [0.1, 0.15) is 11.4 Å². The minimum atomic E-state index is -0.0934. The van der Waals surface area contributed by atoms with Crippen molar-refractivity contribution in [3.8, 4) is 5.75 Å². The molecular formula is C17H18ClN5O2S. The Morgan fingerprint density at radius 2 is 2.04 bits per heavy atom. The average Bonchev–Trinajstić information content (AvgIpc) is 3.01. The number of carbonyl (C=O) groups is 1. The first-order chi connectivity index (χ1) is 12.5. The number of hydrogen-bond donors (Lipinski definition) is 1. The van der Waals surface area contributed by atoms with Gasteiger partial charge in [-0.05, 0) is 44.2 Å². The summed E-state index contributed by atoms with van der Waals surface area (Å²) in [4.78, 5) is 16.3. The van der Waals surface area contributed by atoms with E-state index < -0.39 is 0 Å². The van der Waals surface area contributed by atoms with Crippen molar-refractivity contribution < 1.29 is 9.53 Å². The number of nitrogens with zero attached hydrogens (tertiary/aromatic N) is 4. The molecule has 0 saturated heterocycles. The summed E-state index contributed by atoms with van der Waals surface area (Å²) < 4.78 is 7.37. The molecular weight excluding hydrogens is 374 g/mol. The Balaban J connectivity index is 1.45. The molecule has 1 amide bonds. The molecule has 0 bridgehead atoms. The van der Waals surface area contributed by atoms with E-state index in [-0.39, 0.29) is 11.7 Å². The summed E-state index contributed by atoms with van der Waals surface area (Å²) in [5.74, 6) is 1.41. The number of ether oxygens (including phenoxy) is 1. The highest BCUT2D eigenvalue weighted by Gasteiger charge is 2.12. The summed E-state index contributed by atoms with van der Waals surface area (Å²) in [5, 5.41) is 12.3. The Bertz CT molecular complexity index is 913. The Morgan fingerprint density at radius 3 is 2.81 bits per heavy atom. The zero-order chi connectivity index (χ0) is 18.5. The number of thioether (sulfide) groups is 1. The van der Waals surface area contributed by atoms with Crippen LogP contribution in [0.15, 0.2) is 35.5 Å². The van der Waals surface area contributed by atoms with Crippen molar-refractivity contribution >= 4 is 35.0 Å². The summed E-state index contributed by atoms with van der Waals surface area (Å²) in [5.41, 5.74) is 1.87. The van der Waals surface area contributed by atoms with E-state index >= 15 is 0 Å². The molecule has 0 aliphatic rings. The second kappa shape index (κ2) is 8.37. The zero-order valence-corrected chi connectivity index (χ0v) is 16.0. The lowest BCUT2D eigenvalue weighted by Crippen LogP contribution is -2.29. The number of hydrogen-bond acceptors (Lipinski definition) is 6. The van der Waals surface area contributed by atoms with Gasteiger partial charge in [0.2, 0.25) is 5.91 Å². The van der Waals surface area contributed by atoms with Crippen LogP contribution in [-0.2, 0) is 4.79 Å². The zero-order valence-electron chi connectivity index (χ0n) is 14.4. The molecule has 3 aromatic rings. The van der Waals surface area contributed by atoms with Gasteiger partial charge < -0.3 is 10.1 Å². The fraction of sp³-hybridized carbons (Fsp3) is 0.294. The quantitative estimate of drug-likeness (QED) is 0.492. The van der Waals surface area contributed by atoms with Crippen molar-refractivity contribution in [3.63, 3.8) is 0 Å². The lowest BCUT2D eigenvalue weighted by atomic mass is 10.3. The first-order valence-corrected chi connectivity index (χ1v) is 9.36. The first-order valence-electron chi connectivity index (χ1n) is 8.00. The standard InChI is InChI=1S/C17H18ClN5O2S/c1-11-9-12(2)23-16(20-11)21-22-17(23)26-10-15(24)19-7-8-25-14-5-3-13(18)4-6-14/h3-6,9H,7-8,10H2,1-2H3,(H,19,24). The molecule has 0 unspecified atom stereocenters. The predicted molar refractivity (Wildman–Crippen MR) is 101 cm³/mol. The van der Waals surface area contributed by atoms with Crippen LogP contribution < -0.4 is 10.1 Å². The van der Waals surface area contributed by atoms with E-state index in [4.69, 9.17) is 16.3 Å². The van der Waals surface area contributed by atoms with Crippen LogP contribution in [0.2, 0.25) is 5.02 Å². The summed E-state index contributed by atoms with van der Waals surface area (Å²) in [6, 6.07) is 9.04. The number of benzene rings is 1. The maximum atomic E-state index is 12.0. The molecule has 2 aromatic heterocycles. The number of nitrogens with one attached hydrogen (secondary N) is 1. The molecule has 136 valence electrons. The Hall–Kier alpha value is -2.32. The molecule has 2 heterocycles. The minimum absolute atomic E-state index is 0.0934. The average molecular weight is 392 g/mol. The van der Waals surface area contributed by atoms with Gasteiger partial charge in [0.15, 0.2) is 5.16 Å². The van der Waals surface area contributed by atoms with Gasteiger partial charge >= 0.3 is 0 Å². The molecule has 0 aliphatic carbocycles. The van der Waals surface area contributed by atoms with E-state index in [2.05, 4.69) is 20.5 Å². The van der Waals surface area contributed by atoms with Crippen molar-refractivity contribution in [2.75, 3.05) is 18.9 Å². The van der Waals surface area contributed by atoms with Gasteiger partial charge in [-0.15, -0.1) is 10.2 Å². The van der Waals surface area contributed by atoms with Crippen molar-refractivity contribution in [1.29, 1.82) is 0 Å². The van der Waals surface area contributed by atoms with Crippen molar-refractivity contribution in [2.45, 2.75) is 19.0 Å². The van der Waals surface area contributed by atoms with E-state index in [0.29, 0.717) is 34.9 Å². The van der Waals surface area contributed by atoms with Gasteiger partial charge in [-0.3, -0.25) is 9.20 Å². The molecule has 0 atom stereocenters. The SMILES string of the molecule is Cc1cc(C)n2c(SCC(=O)NCCOc3ccc(Cl)cc3)nnc2n1. The maximum Gasteiger partial charge on any atom is 0.256 e. The molecule has 0 radical (unpaired) electrons. The van der Waals surface area contributed by atoms with Crippen LogP contribution in [0, 0.1) is 13.8 Å². The van der Waals surface area contributed by atoms with Crippen LogP contribution in [0.4, 0.5) is 0 Å². The largest absolute Gasteiger partial charge is 0.492 e. The van der Waals surface area contributed by atoms with Crippen molar-refractivity contribution in [1.82, 2.24) is 24.9 Å². The van der Waals surface area contributed by atoms with Crippen LogP contribution in [0.5, 0.6) is 5.75 Å². The van der Waals surface area contributed by atoms with Gasteiger partial charge in [-0.2, -0.15) is 0 Å². The highest BCUT2D eigenvalue weighted by molar-refractivity contribution is 7.99. The minimum Gasteiger partial charge on any atom is -0.492 e. The first kappa shape index (κ1) is 18.5. The maximum absolute atomic E-state index is 12.0. The second-order valence-electron chi connectivity index (χ2n) is 5.60. The van der Waals surface area contributed by atoms with Crippen molar-refractivity contribution in [2.24, 2.45) is 0 Å². The fourth-order valence-electron chi connectivity index (χ4n) is 2.37. The molecule has 9 heteroatoms. The van der Waals surface area contributed by atoms with E-state index in [1.54, 1.807) is 24.3 Å². The number of amides is 1. The van der Waals surface area contributed by atoms with Gasteiger partial charge in [0.05, 0.1) is 12.3 Å². The van der Waals surface area contributed by atoms with Gasteiger partial charge in [0.25, 0.3) is 5.78 Å². The topological polar surface area (TPSA) is 81.4 Å². The van der Waals surface area contributed by atoms with E-state index in [0.717, 1.165) is 11.4 Å². The Labute approximate surface area is 160 Å². The summed E-state index contributed by atoms with van der Waals surface area (Å²) in [6.07, 6.45) is 0. The molecule has 26 heavy (non-hydrogen) atoms. The third-order valence-electron chi connectivity index (χ3n) is 3.50. The molecule has 0 fully saturated rings. The Kier molecular flexibility index (Phi) is 5.95. The molecule has 0 saturated carbocycles. The third-order valence-corrected chi connectivity index (χ3v) is 4.68. The normalized spacial score (nSPS) is 10.9. The second-order valence-corrected chi connectivity index (χ2v) is 6.98. The van der Waals surface area contributed by atoms with Gasteiger partial charge in [-0.25, -0.2) is 4.98 Å². The highest BCUT2D eigenvalue weighted by atomic mass is 35.5. The molecule has 0 spiro atoms. The van der Waals surface area contributed by atoms with E-state index in [1.165, 1.54) is 11.8 Å². The molecule has 3 rings (SSSR count). The smallest absolute Gasteiger partial charge is 0.256 e.